The summed E-state index contributed by atoms with van der Waals surface area (Å²) in [5.41, 5.74) is 2.26. The zero-order chi connectivity index (χ0) is 15.4. The van der Waals surface area contributed by atoms with Crippen LogP contribution in [0.15, 0.2) is 18.2 Å². The molecule has 1 aliphatic heterocycles. The molecule has 0 aromatic carbocycles. The van der Waals surface area contributed by atoms with E-state index < -0.39 is 0 Å². The SMILES string of the molecule is Cc1cccc(CN2CCN(C3CCCC3)[C@@H](CCO)C2)n1. The van der Waals surface area contributed by atoms with Crippen molar-refractivity contribution in [3.8, 4) is 0 Å². The van der Waals surface area contributed by atoms with Gasteiger partial charge in [0, 0.05) is 50.6 Å². The first-order valence-electron chi connectivity index (χ1n) is 8.78. The molecular weight excluding hydrogens is 274 g/mol. The summed E-state index contributed by atoms with van der Waals surface area (Å²) >= 11 is 0. The number of aryl methyl sites for hydroxylation is 1. The van der Waals surface area contributed by atoms with E-state index in [1.54, 1.807) is 0 Å². The van der Waals surface area contributed by atoms with Gasteiger partial charge in [0.2, 0.25) is 0 Å². The van der Waals surface area contributed by atoms with E-state index in [4.69, 9.17) is 0 Å². The van der Waals surface area contributed by atoms with Crippen molar-refractivity contribution in [2.45, 2.75) is 57.7 Å². The normalized spacial score (nSPS) is 24.9. The van der Waals surface area contributed by atoms with Crippen molar-refractivity contribution in [3.63, 3.8) is 0 Å². The van der Waals surface area contributed by atoms with Gasteiger partial charge in [-0.3, -0.25) is 14.8 Å². The van der Waals surface area contributed by atoms with Crippen molar-refractivity contribution in [1.29, 1.82) is 0 Å². The second-order valence-electron chi connectivity index (χ2n) is 6.85. The lowest BCUT2D eigenvalue weighted by molar-refractivity contribution is 0.0262. The first-order chi connectivity index (χ1) is 10.8. The van der Waals surface area contributed by atoms with E-state index in [0.29, 0.717) is 12.6 Å². The van der Waals surface area contributed by atoms with Crippen LogP contribution < -0.4 is 0 Å². The maximum absolute atomic E-state index is 9.43. The second-order valence-corrected chi connectivity index (χ2v) is 6.85. The van der Waals surface area contributed by atoms with E-state index in [1.165, 1.54) is 25.7 Å². The van der Waals surface area contributed by atoms with Crippen LogP contribution in [-0.4, -0.2) is 58.2 Å². The maximum Gasteiger partial charge on any atom is 0.0547 e. The molecule has 122 valence electrons. The smallest absolute Gasteiger partial charge is 0.0547 e. The molecule has 1 atom stereocenters. The molecule has 0 amide bonds. The monoisotopic (exact) mass is 303 g/mol. The van der Waals surface area contributed by atoms with E-state index in [9.17, 15) is 5.11 Å². The Kier molecular flexibility index (Phi) is 5.45. The van der Waals surface area contributed by atoms with E-state index in [-0.39, 0.29) is 0 Å². The van der Waals surface area contributed by atoms with Crippen LogP contribution in [0.1, 0.15) is 43.5 Å². The minimum atomic E-state index is 0.296. The molecule has 1 N–H and O–H groups in total. The van der Waals surface area contributed by atoms with E-state index in [0.717, 1.165) is 50.0 Å². The summed E-state index contributed by atoms with van der Waals surface area (Å²) in [5.74, 6) is 0. The number of aliphatic hydroxyl groups is 1. The number of nitrogens with zero attached hydrogens (tertiary/aromatic N) is 3. The van der Waals surface area contributed by atoms with E-state index in [2.05, 4.69) is 39.9 Å². The third-order valence-corrected chi connectivity index (χ3v) is 5.20. The fourth-order valence-corrected chi connectivity index (χ4v) is 4.12. The van der Waals surface area contributed by atoms with Gasteiger partial charge in [-0.15, -0.1) is 0 Å². The summed E-state index contributed by atoms with van der Waals surface area (Å²) in [4.78, 5) is 9.82. The third kappa shape index (κ3) is 3.86. The fraction of sp³-hybridized carbons (Fsp3) is 0.722. The van der Waals surface area contributed by atoms with Crippen LogP contribution in [0.5, 0.6) is 0 Å². The van der Waals surface area contributed by atoms with E-state index in [1.807, 2.05) is 0 Å². The Morgan fingerprint density at radius 1 is 1.23 bits per heavy atom. The summed E-state index contributed by atoms with van der Waals surface area (Å²) in [5, 5.41) is 9.43. The van der Waals surface area contributed by atoms with Gasteiger partial charge in [0.15, 0.2) is 0 Å². The summed E-state index contributed by atoms with van der Waals surface area (Å²) < 4.78 is 0. The minimum Gasteiger partial charge on any atom is -0.396 e. The number of aliphatic hydroxyl groups excluding tert-OH is 1. The van der Waals surface area contributed by atoms with Crippen molar-refractivity contribution in [3.05, 3.63) is 29.6 Å². The quantitative estimate of drug-likeness (QED) is 0.905. The van der Waals surface area contributed by atoms with Crippen molar-refractivity contribution in [2.75, 3.05) is 26.2 Å². The summed E-state index contributed by atoms with van der Waals surface area (Å²) in [6.07, 6.45) is 6.35. The first-order valence-corrected chi connectivity index (χ1v) is 8.78. The molecule has 0 radical (unpaired) electrons. The highest BCUT2D eigenvalue weighted by molar-refractivity contribution is 5.10. The molecular formula is C18H29N3O. The molecule has 4 nitrogen and oxygen atoms in total. The predicted molar refractivity (Wildman–Crippen MR) is 88.7 cm³/mol. The van der Waals surface area contributed by atoms with Crippen LogP contribution in [0.3, 0.4) is 0 Å². The van der Waals surface area contributed by atoms with Gasteiger partial charge < -0.3 is 5.11 Å². The molecule has 1 aliphatic carbocycles. The van der Waals surface area contributed by atoms with Crippen molar-refractivity contribution in [1.82, 2.24) is 14.8 Å². The Hall–Kier alpha value is -0.970. The van der Waals surface area contributed by atoms with Gasteiger partial charge in [-0.25, -0.2) is 0 Å². The average Bonchev–Trinajstić information content (AvgIpc) is 3.02. The maximum atomic E-state index is 9.43. The molecule has 1 saturated carbocycles. The Bertz CT molecular complexity index is 473. The lowest BCUT2D eigenvalue weighted by atomic mass is 10.0. The number of hydrogen-bond donors (Lipinski definition) is 1. The van der Waals surface area contributed by atoms with Crippen molar-refractivity contribution >= 4 is 0 Å². The Morgan fingerprint density at radius 3 is 2.77 bits per heavy atom. The van der Waals surface area contributed by atoms with Crippen LogP contribution in [-0.2, 0) is 6.54 Å². The first kappa shape index (κ1) is 15.9. The molecule has 0 bridgehead atoms. The molecule has 22 heavy (non-hydrogen) atoms. The summed E-state index contributed by atoms with van der Waals surface area (Å²) in [7, 11) is 0. The zero-order valence-electron chi connectivity index (χ0n) is 13.7. The number of pyridine rings is 1. The lowest BCUT2D eigenvalue weighted by Crippen LogP contribution is -2.56. The molecule has 1 aromatic rings. The highest BCUT2D eigenvalue weighted by atomic mass is 16.3. The Morgan fingerprint density at radius 2 is 2.05 bits per heavy atom. The largest absolute Gasteiger partial charge is 0.396 e. The highest BCUT2D eigenvalue weighted by Crippen LogP contribution is 2.28. The molecule has 1 saturated heterocycles. The number of hydrogen-bond acceptors (Lipinski definition) is 4. The van der Waals surface area contributed by atoms with E-state index >= 15 is 0 Å². The fourth-order valence-electron chi connectivity index (χ4n) is 4.12. The third-order valence-electron chi connectivity index (χ3n) is 5.20. The van der Waals surface area contributed by atoms with Crippen LogP contribution in [0.2, 0.25) is 0 Å². The average molecular weight is 303 g/mol. The van der Waals surface area contributed by atoms with Crippen molar-refractivity contribution in [2.24, 2.45) is 0 Å². The molecule has 1 aromatic heterocycles. The molecule has 2 aliphatic rings. The predicted octanol–water partition coefficient (Wildman–Crippen LogP) is 2.20. The van der Waals surface area contributed by atoms with Gasteiger partial charge in [-0.05, 0) is 38.3 Å². The minimum absolute atomic E-state index is 0.296. The van der Waals surface area contributed by atoms with Crippen LogP contribution >= 0.6 is 0 Å². The lowest BCUT2D eigenvalue weighted by Gasteiger charge is -2.44. The topological polar surface area (TPSA) is 39.6 Å². The molecule has 2 heterocycles. The van der Waals surface area contributed by atoms with Gasteiger partial charge in [0.25, 0.3) is 0 Å². The van der Waals surface area contributed by atoms with Crippen LogP contribution in [0.25, 0.3) is 0 Å². The molecule has 2 fully saturated rings. The Labute approximate surface area is 134 Å². The molecule has 4 heteroatoms. The van der Waals surface area contributed by atoms with Crippen molar-refractivity contribution < 1.29 is 5.11 Å². The molecule has 3 rings (SSSR count). The van der Waals surface area contributed by atoms with Gasteiger partial charge in [0.1, 0.15) is 0 Å². The van der Waals surface area contributed by atoms with Gasteiger partial charge in [-0.2, -0.15) is 0 Å². The second kappa shape index (κ2) is 7.53. The van der Waals surface area contributed by atoms with Crippen LogP contribution in [0, 0.1) is 6.92 Å². The zero-order valence-corrected chi connectivity index (χ0v) is 13.7. The van der Waals surface area contributed by atoms with Crippen LogP contribution in [0.4, 0.5) is 0 Å². The Balaban J connectivity index is 1.61. The van der Waals surface area contributed by atoms with Gasteiger partial charge in [-0.1, -0.05) is 18.9 Å². The summed E-state index contributed by atoms with van der Waals surface area (Å²) in [6, 6.07) is 7.54. The molecule has 0 unspecified atom stereocenters. The standard InChI is InChI=1S/C18H29N3O/c1-15-5-4-6-16(19-15)13-20-10-11-21(17-7-2-3-8-17)18(14-20)9-12-22/h4-6,17-18,22H,2-3,7-14H2,1H3/t18-/m0/s1. The van der Waals surface area contributed by atoms with Gasteiger partial charge >= 0.3 is 0 Å². The highest BCUT2D eigenvalue weighted by Gasteiger charge is 2.32. The number of piperazine rings is 1. The number of aromatic nitrogens is 1. The van der Waals surface area contributed by atoms with Gasteiger partial charge in [0.05, 0.1) is 5.69 Å². The summed E-state index contributed by atoms with van der Waals surface area (Å²) in [6.45, 7) is 6.60. The molecule has 0 spiro atoms. The number of rotatable bonds is 5.